The molecule has 1 N–H and O–H groups in total. The molecule has 1 saturated carbocycles. The van der Waals surface area contributed by atoms with Crippen LogP contribution in [-0.2, 0) is 41.1 Å². The van der Waals surface area contributed by atoms with Crippen molar-refractivity contribution in [3.63, 3.8) is 0 Å². The van der Waals surface area contributed by atoms with Crippen LogP contribution in [0.4, 0.5) is 35.1 Å². The number of hydrogen-bond acceptors (Lipinski definition) is 6. The molecule has 2 aliphatic carbocycles. The first kappa shape index (κ1) is 35.2. The lowest BCUT2D eigenvalue weighted by Crippen LogP contribution is -2.53. The molecule has 2 aromatic carbocycles. The molecule has 0 spiro atoms. The SMILES string of the molecule is N#CCCN1C[C@@H](C(=O)N[C@@H]2CC(C=O)[C@]3(S(=O)(=O)c4ccc(F)cc4)c4ccc(C(F)(C(F)(F)F)C(F)(F)F)cc4CC[C@@H]23)CC1=O. The second kappa shape index (κ2) is 12.1. The van der Waals surface area contributed by atoms with Gasteiger partial charge in [0.1, 0.15) is 16.9 Å². The average Bonchev–Trinajstić information content (AvgIpc) is 3.56. The first-order valence-electron chi connectivity index (χ1n) is 14.7. The summed E-state index contributed by atoms with van der Waals surface area (Å²) in [6.07, 6.45) is -13.7. The molecular formula is C31H27F8N3O5S. The number of carbonyl (C=O) groups excluding carboxylic acids is 3. The number of carbonyl (C=O) groups is 3. The first-order chi connectivity index (χ1) is 22.3. The topological polar surface area (TPSA) is 124 Å². The van der Waals surface area contributed by atoms with Crippen LogP contribution in [-0.4, -0.2) is 62.9 Å². The number of aldehydes is 1. The van der Waals surface area contributed by atoms with Crippen molar-refractivity contribution in [3.05, 3.63) is 65.0 Å². The minimum absolute atomic E-state index is 0.0200. The lowest BCUT2D eigenvalue weighted by molar-refractivity contribution is -0.348. The summed E-state index contributed by atoms with van der Waals surface area (Å²) in [7, 11) is -4.85. The van der Waals surface area contributed by atoms with Crippen LogP contribution in [0.15, 0.2) is 47.4 Å². The third-order valence-corrected chi connectivity index (χ3v) is 12.3. The molecule has 8 nitrogen and oxygen atoms in total. The maximum absolute atomic E-state index is 15.1. The van der Waals surface area contributed by atoms with Crippen LogP contribution in [0, 0.1) is 34.9 Å². The molecule has 3 aliphatic rings. The van der Waals surface area contributed by atoms with Crippen LogP contribution in [0.3, 0.4) is 0 Å². The van der Waals surface area contributed by atoms with Crippen LogP contribution >= 0.6 is 0 Å². The van der Waals surface area contributed by atoms with Gasteiger partial charge in [0.25, 0.3) is 0 Å². The number of hydrogen-bond donors (Lipinski definition) is 1. The Labute approximate surface area is 269 Å². The van der Waals surface area contributed by atoms with Crippen molar-refractivity contribution in [2.45, 2.75) is 65.8 Å². The molecule has 48 heavy (non-hydrogen) atoms. The van der Waals surface area contributed by atoms with E-state index in [1.54, 1.807) is 0 Å². The lowest BCUT2D eigenvalue weighted by Gasteiger charge is -2.44. The summed E-state index contributed by atoms with van der Waals surface area (Å²) in [6.45, 7) is 0.0495. The largest absolute Gasteiger partial charge is 0.435 e. The highest BCUT2D eigenvalue weighted by Crippen LogP contribution is 2.61. The van der Waals surface area contributed by atoms with Crippen LogP contribution in [0.1, 0.15) is 42.4 Å². The van der Waals surface area contributed by atoms with Gasteiger partial charge in [0.15, 0.2) is 9.84 Å². The molecule has 1 heterocycles. The van der Waals surface area contributed by atoms with E-state index < -0.39 is 78.6 Å². The average molecular weight is 706 g/mol. The predicted molar refractivity (Wildman–Crippen MR) is 149 cm³/mol. The molecule has 2 amide bonds. The number of rotatable bonds is 8. The molecule has 258 valence electrons. The van der Waals surface area contributed by atoms with Gasteiger partial charge in [-0.2, -0.15) is 31.6 Å². The molecule has 2 fully saturated rings. The molecule has 17 heteroatoms. The molecular weight excluding hydrogens is 678 g/mol. The van der Waals surface area contributed by atoms with Gasteiger partial charge in [-0.15, -0.1) is 0 Å². The standard InChI is InChI=1S/C31H27F8N3O5S/c32-21-4-6-22(7-5-21)48(46,47)28-20(16-43)14-25(41-27(45)18-13-26(44)42(15-18)11-1-10-40)24(28)8-2-17-12-19(3-9-23(17)28)29(33,30(34,35)36)31(37,38)39/h3-7,9,12,16,18,20,24-25H,1-2,8,11,13-15H2,(H,41,45)/t18-,20?,24-,25+,28-/m0/s1. The van der Waals surface area contributed by atoms with Crippen molar-refractivity contribution < 1.29 is 57.9 Å². The Morgan fingerprint density at radius 1 is 1.06 bits per heavy atom. The number of nitrogens with one attached hydrogen (secondary N) is 1. The second-order valence-electron chi connectivity index (χ2n) is 12.2. The van der Waals surface area contributed by atoms with Crippen LogP contribution in [0.5, 0.6) is 0 Å². The summed E-state index contributed by atoms with van der Waals surface area (Å²) < 4.78 is 138. The number of alkyl halides is 7. The van der Waals surface area contributed by atoms with Gasteiger partial charge in [0.05, 0.1) is 23.3 Å². The summed E-state index contributed by atoms with van der Waals surface area (Å²) >= 11 is 0. The Morgan fingerprint density at radius 3 is 2.29 bits per heavy atom. The second-order valence-corrected chi connectivity index (χ2v) is 14.3. The van der Waals surface area contributed by atoms with E-state index in [-0.39, 0.29) is 74.6 Å². The van der Waals surface area contributed by atoms with Gasteiger partial charge in [0, 0.05) is 43.0 Å². The predicted octanol–water partition coefficient (Wildman–Crippen LogP) is 4.81. The number of fused-ring (bicyclic) bond motifs is 3. The molecule has 2 aromatic rings. The Morgan fingerprint density at radius 2 is 1.71 bits per heavy atom. The zero-order chi connectivity index (χ0) is 35.4. The van der Waals surface area contributed by atoms with E-state index in [2.05, 4.69) is 5.32 Å². The van der Waals surface area contributed by atoms with Crippen molar-refractivity contribution in [2.75, 3.05) is 13.1 Å². The third kappa shape index (κ3) is 5.32. The van der Waals surface area contributed by atoms with Crippen molar-refractivity contribution in [3.8, 4) is 6.07 Å². The molecule has 0 bridgehead atoms. The number of likely N-dealkylation sites (tertiary alicyclic amines) is 1. The Hall–Kier alpha value is -4.07. The van der Waals surface area contributed by atoms with Gasteiger partial charge in [-0.3, -0.25) is 9.59 Å². The smallest absolute Gasteiger partial charge is 0.353 e. The number of benzene rings is 2. The first-order valence-corrected chi connectivity index (χ1v) is 16.2. The minimum Gasteiger partial charge on any atom is -0.353 e. The van der Waals surface area contributed by atoms with E-state index in [9.17, 15) is 53.5 Å². The number of sulfone groups is 1. The lowest BCUT2D eigenvalue weighted by atomic mass is 9.71. The molecule has 1 aliphatic heterocycles. The molecule has 0 aromatic heterocycles. The maximum atomic E-state index is 15.1. The van der Waals surface area contributed by atoms with E-state index in [0.29, 0.717) is 12.1 Å². The number of amides is 2. The zero-order valence-corrected chi connectivity index (χ0v) is 25.6. The van der Waals surface area contributed by atoms with Crippen molar-refractivity contribution in [2.24, 2.45) is 17.8 Å². The molecule has 0 radical (unpaired) electrons. The third-order valence-electron chi connectivity index (χ3n) is 9.66. The van der Waals surface area contributed by atoms with Crippen molar-refractivity contribution >= 4 is 27.9 Å². The monoisotopic (exact) mass is 705 g/mol. The van der Waals surface area contributed by atoms with E-state index in [0.717, 1.165) is 24.3 Å². The van der Waals surface area contributed by atoms with Gasteiger partial charge in [0.2, 0.25) is 11.8 Å². The van der Waals surface area contributed by atoms with Crippen LogP contribution < -0.4 is 5.32 Å². The van der Waals surface area contributed by atoms with E-state index in [4.69, 9.17) is 5.26 Å². The van der Waals surface area contributed by atoms with Gasteiger partial charge in [-0.1, -0.05) is 18.2 Å². The Bertz CT molecular complexity index is 1760. The minimum atomic E-state index is -6.44. The summed E-state index contributed by atoms with van der Waals surface area (Å²) in [5.74, 6) is -5.47. The molecule has 5 atom stereocenters. The van der Waals surface area contributed by atoms with Crippen molar-refractivity contribution in [1.82, 2.24) is 10.2 Å². The zero-order valence-electron chi connectivity index (χ0n) is 24.7. The summed E-state index contributed by atoms with van der Waals surface area (Å²) in [5, 5.41) is 11.6. The highest BCUT2D eigenvalue weighted by Gasteiger charge is 2.74. The highest BCUT2D eigenvalue weighted by atomic mass is 32.2. The van der Waals surface area contributed by atoms with E-state index in [1.165, 1.54) is 4.90 Å². The summed E-state index contributed by atoms with van der Waals surface area (Å²) in [6, 6.07) is 5.38. The normalized spacial score (nSPS) is 26.1. The molecule has 5 rings (SSSR count). The fraction of sp³-hybridized carbons (Fsp3) is 0.484. The van der Waals surface area contributed by atoms with Gasteiger partial charge >= 0.3 is 18.0 Å². The van der Waals surface area contributed by atoms with Crippen molar-refractivity contribution in [1.29, 1.82) is 5.26 Å². The quantitative estimate of drug-likeness (QED) is 0.239. The van der Waals surface area contributed by atoms with Gasteiger partial charge in [-0.25, -0.2) is 17.2 Å². The maximum Gasteiger partial charge on any atom is 0.435 e. The molecule has 1 unspecified atom stereocenters. The van der Waals surface area contributed by atoms with E-state index >= 15 is 4.39 Å². The molecule has 1 saturated heterocycles. The van der Waals surface area contributed by atoms with Gasteiger partial charge < -0.3 is 15.0 Å². The highest BCUT2D eigenvalue weighted by molar-refractivity contribution is 7.92. The van der Waals surface area contributed by atoms with Crippen LogP contribution in [0.25, 0.3) is 0 Å². The Kier molecular flexibility index (Phi) is 8.90. The number of halogens is 8. The summed E-state index contributed by atoms with van der Waals surface area (Å²) in [5.41, 5.74) is -8.35. The fourth-order valence-electron chi connectivity index (χ4n) is 7.51. The Balaban J connectivity index is 1.63. The number of nitriles is 1. The fourth-order valence-corrected chi connectivity index (χ4v) is 10.1. The number of nitrogens with zero attached hydrogens (tertiary/aromatic N) is 2. The summed E-state index contributed by atoms with van der Waals surface area (Å²) in [4.78, 5) is 39.3. The number of aryl methyl sites for hydroxylation is 1. The van der Waals surface area contributed by atoms with Crippen LogP contribution in [0.2, 0.25) is 0 Å². The van der Waals surface area contributed by atoms with E-state index in [1.807, 2.05) is 6.07 Å². The van der Waals surface area contributed by atoms with Gasteiger partial charge in [-0.05, 0) is 54.7 Å².